The number of carbonyl (C=O) groups is 3. The number of esters is 2. The van der Waals surface area contributed by atoms with Gasteiger partial charge in [-0.05, 0) is 349 Å². The van der Waals surface area contributed by atoms with E-state index in [0.29, 0.717) is 6.08 Å². The fourth-order valence-corrected chi connectivity index (χ4v) is 19.7. The molecule has 16 aliphatic carbocycles. The van der Waals surface area contributed by atoms with E-state index in [1.54, 1.807) is 0 Å². The summed E-state index contributed by atoms with van der Waals surface area (Å²) in [4.78, 5) is 50.5. The Morgan fingerprint density at radius 3 is 1.35 bits per heavy atom. The molecule has 16 aliphatic rings. The molecular weight excluding hydrogens is 1350 g/mol. The second kappa shape index (κ2) is 29.2. The fourth-order valence-electron chi connectivity index (χ4n) is 19.7. The van der Waals surface area contributed by atoms with Crippen molar-refractivity contribution in [3.63, 3.8) is 0 Å². The Morgan fingerprint density at radius 1 is 0.427 bits per heavy atom. The lowest BCUT2D eigenvalue weighted by Crippen LogP contribution is -2.50. The summed E-state index contributed by atoms with van der Waals surface area (Å²) in [7, 11) is 0. The summed E-state index contributed by atoms with van der Waals surface area (Å²) >= 11 is 0. The van der Waals surface area contributed by atoms with E-state index < -0.39 is 530 Å². The molecule has 8 saturated carbocycles. The largest absolute Gasteiger partial charge is 0.462 e. The number of aliphatic hydroxyl groups excluding tert-OH is 1. The minimum atomic E-state index is -3.73. The Bertz CT molecular complexity index is 8070. The molecule has 0 aliphatic heterocycles. The number of aliphatic hydroxyl groups is 1. The summed E-state index contributed by atoms with van der Waals surface area (Å²) in [5.74, 6) is -24.3. The molecule has 0 radical (unpaired) electrons. The van der Waals surface area contributed by atoms with Crippen LogP contribution < -0.4 is 0 Å². The summed E-state index contributed by atoms with van der Waals surface area (Å²) in [5.41, 5.74) is -30.3. The van der Waals surface area contributed by atoms with Crippen LogP contribution in [-0.2, 0) is 23.9 Å². The van der Waals surface area contributed by atoms with Crippen LogP contribution in [0.2, 0.25) is 0 Å². The van der Waals surface area contributed by atoms with E-state index in [0.717, 1.165) is 6.92 Å². The number of pyridine rings is 4. The molecule has 4 aromatic rings. The Hall–Kier alpha value is -6.91. The SMILES string of the molecule is [2H]C1=C(c2c([2H])nc([2H])c([2H])c2[2H])[C@]2(C([2H])([2H])[2H])C(C3C(CC2([2H])[2H])[C@]2(C([2H])([2H])[2H])C(=CC(=O)CC2([2H])[2H])C([2H])C3([2H])[2H])C1([2H])[2H].[2H]C1=C2C[C@@H](O)CC([2H])([2H])[C@]2(C([2H])([2H])[2H])C2CC([2H])([2H])[C@]3(C([2H])([2H])[2H])C(c4c([2H])nc([2H])c([2H])c4[2H])=C([2H])C([2H])([2H])C3C2C1([2H])[2H].[2H]C1=C2C[C@@H](OC(C)=O)CC([2H])([2H])[C@]2(C([2H])([2H])[2H])C2CC([2H])([2H])[C@]3(C([2H])([2H])[2H])C(c4c([2H])nc([2H])c([2H])c4[2H])=C([2H])CC3C2C1.[2H]C1=C2C[C@@H](OC(C)=O)CC[C@]2(C([2H])([2H])[2H])C2CC([2H])([2H])[C@]3(C([2H])([2H])[2H])C(c4c([2H])nc([2H])c([2H])c4[2H])=C([2H])C([2H])([2H])C3C2C1. The van der Waals surface area contributed by atoms with Crippen LogP contribution in [0.15, 0.2) is 168 Å². The number of hydrogen-bond acceptors (Lipinski definition) is 10. The summed E-state index contributed by atoms with van der Waals surface area (Å²) < 4.78 is 643. The highest BCUT2D eigenvalue weighted by atomic mass is 16.5. The number of carbonyl (C=O) groups excluding carboxylic acids is 3. The van der Waals surface area contributed by atoms with Crippen LogP contribution in [0, 0.1) is 114 Å². The van der Waals surface area contributed by atoms with Crippen LogP contribution in [-0.4, -0.2) is 61.1 Å². The van der Waals surface area contributed by atoms with E-state index in [1.165, 1.54) is 6.92 Å². The average Bonchev–Trinajstić information content (AvgIpc) is 1.56. The third-order valence-electron chi connectivity index (χ3n) is 25.0. The molecule has 0 spiro atoms. The number of ketones is 1. The summed E-state index contributed by atoms with van der Waals surface area (Å²) in [6, 6.07) is -12.7. The van der Waals surface area contributed by atoms with Gasteiger partial charge in [0.25, 0.3) is 0 Å². The number of nitrogens with zero attached hydrogens (tertiary/aromatic N) is 4. The molecule has 20 rings (SSSR count). The lowest BCUT2D eigenvalue weighted by Gasteiger charge is -2.57. The van der Waals surface area contributed by atoms with Crippen molar-refractivity contribution in [3.8, 4) is 0 Å². The van der Waals surface area contributed by atoms with Crippen LogP contribution >= 0.6 is 0 Å². The summed E-state index contributed by atoms with van der Waals surface area (Å²) in [5, 5.41) is 10.5. The molecule has 13 unspecified atom stereocenters. The van der Waals surface area contributed by atoms with E-state index in [-0.39, 0.29) is 61.8 Å². The number of hydrogen-bond donors (Lipinski definition) is 1. The van der Waals surface area contributed by atoms with Crippen molar-refractivity contribution in [1.82, 2.24) is 19.9 Å². The van der Waals surface area contributed by atoms with Gasteiger partial charge in [0.05, 0.1) is 37.6 Å². The lowest BCUT2D eigenvalue weighted by molar-refractivity contribution is -0.149. The van der Waals surface area contributed by atoms with Gasteiger partial charge in [0.1, 0.15) is 12.2 Å². The first-order chi connectivity index (χ1) is 81.8. The average molecular weight is 1550 g/mol. The van der Waals surface area contributed by atoms with Crippen molar-refractivity contribution in [2.45, 2.75) is 266 Å². The van der Waals surface area contributed by atoms with Gasteiger partial charge >= 0.3 is 11.9 Å². The molecule has 582 valence electrons. The minimum Gasteiger partial charge on any atom is -0.462 e. The van der Waals surface area contributed by atoms with Gasteiger partial charge in [-0.25, -0.2) is 0 Å². The summed E-state index contributed by atoms with van der Waals surface area (Å²) in [6.45, 7) is -24.7. The van der Waals surface area contributed by atoms with Crippen LogP contribution in [0.25, 0.3) is 22.3 Å². The summed E-state index contributed by atoms with van der Waals surface area (Å²) in [6.07, 6.45) is -57.7. The van der Waals surface area contributed by atoms with E-state index in [4.69, 9.17) is 97.2 Å². The molecule has 4 aromatic heterocycles. The van der Waals surface area contributed by atoms with E-state index in [2.05, 4.69) is 19.9 Å². The molecule has 10 nitrogen and oxygen atoms in total. The maximum absolute atomic E-state index is 12.7. The van der Waals surface area contributed by atoms with E-state index in [1.807, 2.05) is 0 Å². The molecule has 4 heterocycles. The van der Waals surface area contributed by atoms with Crippen LogP contribution in [0.5, 0.6) is 0 Å². The molecule has 0 saturated heterocycles. The van der Waals surface area contributed by atoms with Crippen molar-refractivity contribution in [2.24, 2.45) is 114 Å². The topological polar surface area (TPSA) is 141 Å². The van der Waals surface area contributed by atoms with Crippen LogP contribution in [0.4, 0.5) is 0 Å². The fraction of sp³-hybridized carbons (Fsp3) is 0.610. The first kappa shape index (κ1) is 29.4. The smallest absolute Gasteiger partial charge is 0.302 e. The molecule has 10 heteroatoms. The molecular formula is C100H126N4O6. The van der Waals surface area contributed by atoms with Gasteiger partial charge in [-0.2, -0.15) is 0 Å². The molecule has 24 atom stereocenters. The van der Waals surface area contributed by atoms with Gasteiger partial charge in [0.2, 0.25) is 0 Å². The maximum Gasteiger partial charge on any atom is 0.302 e. The second-order valence-electron chi connectivity index (χ2n) is 30.8. The third kappa shape index (κ3) is 12.8. The predicted molar refractivity (Wildman–Crippen MR) is 439 cm³/mol. The van der Waals surface area contributed by atoms with Crippen molar-refractivity contribution >= 4 is 40.0 Å². The van der Waals surface area contributed by atoms with Crippen LogP contribution in [0.3, 0.4) is 0 Å². The van der Waals surface area contributed by atoms with Crippen molar-refractivity contribution in [2.75, 3.05) is 0 Å². The first-order valence-corrected chi connectivity index (χ1v) is 36.7. The Morgan fingerprint density at radius 2 is 0.836 bits per heavy atom. The number of aromatic nitrogens is 4. The van der Waals surface area contributed by atoms with Gasteiger partial charge in [0, 0.05) is 150 Å². The molecule has 0 bridgehead atoms. The number of fused-ring (bicyclic) bond motifs is 20. The molecule has 1 N–H and O–H groups in total. The predicted octanol–water partition coefficient (Wildman–Crippen LogP) is 22.9. The van der Waals surface area contributed by atoms with E-state index in [9.17, 15) is 30.5 Å². The number of rotatable bonds is 6. The lowest BCUT2D eigenvalue weighted by atomic mass is 9.46. The number of ether oxygens (including phenoxy) is 2. The van der Waals surface area contributed by atoms with Gasteiger partial charge in [-0.15, -0.1) is 0 Å². The number of allylic oxidation sites excluding steroid dienone is 13. The quantitative estimate of drug-likeness (QED) is 0.146. The zero-order valence-electron chi connectivity index (χ0n) is 132. The highest BCUT2D eigenvalue weighted by Gasteiger charge is 2.62. The zero-order chi connectivity index (χ0) is 139. The first-order valence-electron chi connectivity index (χ1n) is 72.8. The Labute approximate surface area is 759 Å². The van der Waals surface area contributed by atoms with Gasteiger partial charge in [-0.1, -0.05) is 144 Å². The van der Waals surface area contributed by atoms with E-state index >= 15 is 0 Å². The molecule has 0 aromatic carbocycles. The van der Waals surface area contributed by atoms with Gasteiger partial charge in [0.15, 0.2) is 5.78 Å². The van der Waals surface area contributed by atoms with Crippen molar-refractivity contribution in [3.05, 3.63) is 191 Å². The monoisotopic (exact) mass is 1550 g/mol. The second-order valence-corrected chi connectivity index (χ2v) is 30.8. The van der Waals surface area contributed by atoms with Crippen molar-refractivity contribution in [1.29, 1.82) is 0 Å². The standard InChI is InChI=1S/2C26H33NO2.C24H31NO.C24H29NO/c2*1-17(28)29-20-10-12-25(2)19(15-20)6-7-21-23-9-8-22(18-5-4-14-27-16-18)26(23,3)13-11-24(21)25;2*1-23-11-9-18(26)14-17(23)5-6-19-21-8-7-20(16-4-3-13-25-15-16)24(21,2)12-10-22(19)23/h2*4-6,8,14,16,20-21,23-24H,7,9-13,15H2,1-3H3;3-5,7,13,15,18-19,21-22,26H,6,8-12,14H2,1-2H3;3-4,7,13-15,19,21-22H,5-6,8-12H2,1-2H3/t2*20-,21?,23?,24?,25-,26+;18-,19?,21?,22?,23-,24+;19?,21?,22?,23-,24+/m0000/s1/i2D3,3D3,4D,5D,6D,8D,12D2,13D2,14D,16D;2D3,3D3,4D,5D,6D,8D,9D2,13D2,14D,16D;2*1D3,2D3,3D,4D,5D,6D2,7D,8D2,11D2,12D2,13D,15D/t3m;5?,19?,21?,22?,23-,24+. The maximum atomic E-state index is 12.7. The Kier molecular flexibility index (Phi) is 7.81. The van der Waals surface area contributed by atoms with Gasteiger partial charge in [-0.3, -0.25) is 34.3 Å². The Balaban J connectivity index is 0.000000160. The highest BCUT2D eigenvalue weighted by Crippen LogP contribution is 2.72. The molecule has 0 amide bonds. The normalized spacial score (nSPS) is 59.1. The molecule has 8 fully saturated rings. The highest BCUT2D eigenvalue weighted by molar-refractivity contribution is 5.91. The minimum absolute atomic E-state index is 0.0674. The molecule has 110 heavy (non-hydrogen) atoms. The third-order valence-corrected chi connectivity index (χ3v) is 25.0. The zero-order valence-corrected chi connectivity index (χ0v) is 59.7. The van der Waals surface area contributed by atoms with Gasteiger partial charge < -0.3 is 14.6 Å². The van der Waals surface area contributed by atoms with Crippen LogP contribution in [0.1, 0.15) is 369 Å². The van der Waals surface area contributed by atoms with Crippen molar-refractivity contribution < 1.29 is 128 Å².